The first-order valence-corrected chi connectivity index (χ1v) is 13.5. The summed E-state index contributed by atoms with van der Waals surface area (Å²) in [6, 6.07) is 8.67. The lowest BCUT2D eigenvalue weighted by Gasteiger charge is -2.22. The van der Waals surface area contributed by atoms with E-state index in [9.17, 15) is 23.1 Å². The van der Waals surface area contributed by atoms with Crippen molar-refractivity contribution in [3.8, 4) is 11.8 Å². The van der Waals surface area contributed by atoms with Crippen LogP contribution in [0.3, 0.4) is 0 Å². The second kappa shape index (κ2) is 14.8. The standard InChI is InChI=1S/C24H27F3N4O3.C6H10.CH2O/c1-14-8-10-16(11-9-14)18(13-32)29-20(33)19-15(2)22(31(30-19)23(3,4)5)34-21-17(24(25,26)27)7-6-12-28-21;1-2-6-4-3-5-6;1-2/h6-12,18,32H,13H2,1-5H3,(H,29,33);2H,3-5H2,1H3;1H2. The number of aliphatic hydroxyl groups excluding tert-OH is 1. The fourth-order valence-corrected chi connectivity index (χ4v) is 3.98. The number of ether oxygens (including phenoxy) is 1. The molecule has 1 unspecified atom stereocenters. The average Bonchev–Trinajstić information content (AvgIpc) is 3.25. The molecule has 11 heteroatoms. The minimum atomic E-state index is -4.67. The number of carbonyl (C=O) groups is 2. The molecule has 0 bridgehead atoms. The summed E-state index contributed by atoms with van der Waals surface area (Å²) in [6.45, 7) is 12.6. The summed E-state index contributed by atoms with van der Waals surface area (Å²) in [6.07, 6.45) is 2.92. The zero-order valence-corrected chi connectivity index (χ0v) is 24.9. The second-order valence-electron chi connectivity index (χ2n) is 10.7. The summed E-state index contributed by atoms with van der Waals surface area (Å²) in [5, 5.41) is 16.9. The van der Waals surface area contributed by atoms with Crippen LogP contribution >= 0.6 is 0 Å². The Morgan fingerprint density at radius 2 is 1.76 bits per heavy atom. The van der Waals surface area contributed by atoms with Crippen molar-refractivity contribution in [2.45, 2.75) is 78.6 Å². The van der Waals surface area contributed by atoms with Crippen LogP contribution in [-0.2, 0) is 16.5 Å². The highest BCUT2D eigenvalue weighted by molar-refractivity contribution is 5.94. The van der Waals surface area contributed by atoms with E-state index in [1.165, 1.54) is 43.1 Å². The highest BCUT2D eigenvalue weighted by Crippen LogP contribution is 2.39. The summed E-state index contributed by atoms with van der Waals surface area (Å²) < 4.78 is 47.4. The molecule has 1 amide bonds. The quantitative estimate of drug-likeness (QED) is 0.305. The first kappa shape index (κ1) is 34.2. The van der Waals surface area contributed by atoms with Crippen LogP contribution in [-0.4, -0.2) is 39.2 Å². The molecule has 8 nitrogen and oxygen atoms in total. The number of rotatable bonds is 6. The number of aryl methyl sites for hydroxylation is 1. The maximum Gasteiger partial charge on any atom is 0.421 e. The summed E-state index contributed by atoms with van der Waals surface area (Å²) in [7, 11) is 0. The lowest BCUT2D eigenvalue weighted by molar-refractivity contribution is -0.139. The van der Waals surface area contributed by atoms with E-state index in [1.807, 2.05) is 25.8 Å². The number of carbonyl (C=O) groups excluding carboxylic acids is 2. The molecule has 1 aromatic carbocycles. The van der Waals surface area contributed by atoms with Gasteiger partial charge in [0.1, 0.15) is 12.4 Å². The molecular weight excluding hydrogens is 549 g/mol. The molecule has 3 aromatic rings. The van der Waals surface area contributed by atoms with Gasteiger partial charge in [-0.2, -0.15) is 18.3 Å². The summed E-state index contributed by atoms with van der Waals surface area (Å²) in [5.41, 5.74) is 1.83. The minimum absolute atomic E-state index is 0.0278. The first-order chi connectivity index (χ1) is 19.8. The van der Waals surface area contributed by atoms with Crippen LogP contribution in [0.2, 0.25) is 0 Å². The molecule has 0 spiro atoms. The highest BCUT2D eigenvalue weighted by atomic mass is 19.4. The van der Waals surface area contributed by atoms with Gasteiger partial charge in [0.05, 0.1) is 18.2 Å². The van der Waals surface area contributed by atoms with Crippen molar-refractivity contribution in [1.82, 2.24) is 20.1 Å². The summed E-state index contributed by atoms with van der Waals surface area (Å²) in [4.78, 5) is 24.8. The number of aromatic nitrogens is 3. The lowest BCUT2D eigenvalue weighted by atomic mass is 9.93. The van der Waals surface area contributed by atoms with Gasteiger partial charge in [-0.05, 0) is 78.5 Å². The van der Waals surface area contributed by atoms with Gasteiger partial charge in [0, 0.05) is 11.8 Å². The van der Waals surface area contributed by atoms with Crippen LogP contribution < -0.4 is 10.1 Å². The van der Waals surface area contributed by atoms with Crippen LogP contribution in [0, 0.1) is 13.8 Å². The first-order valence-electron chi connectivity index (χ1n) is 13.5. The number of benzene rings is 1. The number of nitrogens with zero attached hydrogens (tertiary/aromatic N) is 3. The van der Waals surface area contributed by atoms with E-state index in [2.05, 4.69) is 28.4 Å². The van der Waals surface area contributed by atoms with Crippen molar-refractivity contribution in [2.75, 3.05) is 6.61 Å². The van der Waals surface area contributed by atoms with E-state index in [1.54, 1.807) is 38.5 Å². The van der Waals surface area contributed by atoms with Gasteiger partial charge in [-0.1, -0.05) is 41.5 Å². The molecule has 0 saturated heterocycles. The van der Waals surface area contributed by atoms with Crippen molar-refractivity contribution in [3.63, 3.8) is 0 Å². The minimum Gasteiger partial charge on any atom is -0.420 e. The number of aliphatic hydroxyl groups is 1. The predicted octanol–water partition coefficient (Wildman–Crippen LogP) is 6.86. The van der Waals surface area contributed by atoms with Crippen LogP contribution in [0.5, 0.6) is 11.8 Å². The zero-order valence-electron chi connectivity index (χ0n) is 24.9. The molecule has 1 atom stereocenters. The largest absolute Gasteiger partial charge is 0.421 e. The number of alkyl halides is 3. The average molecular weight is 589 g/mol. The van der Waals surface area contributed by atoms with E-state index in [0.717, 1.165) is 11.6 Å². The molecule has 1 aliphatic rings. The zero-order chi connectivity index (χ0) is 31.7. The third kappa shape index (κ3) is 8.75. The third-order valence-corrected chi connectivity index (χ3v) is 6.56. The molecule has 2 N–H and O–H groups in total. The highest BCUT2D eigenvalue weighted by Gasteiger charge is 2.37. The fourth-order valence-electron chi connectivity index (χ4n) is 3.98. The predicted molar refractivity (Wildman–Crippen MR) is 154 cm³/mol. The Morgan fingerprint density at radius 3 is 2.21 bits per heavy atom. The molecular formula is C31H39F3N4O4. The van der Waals surface area contributed by atoms with Gasteiger partial charge in [0.25, 0.3) is 5.91 Å². The van der Waals surface area contributed by atoms with Gasteiger partial charge in [-0.15, -0.1) is 0 Å². The Bertz CT molecular complexity index is 1350. The molecule has 4 rings (SSSR count). The molecule has 1 saturated carbocycles. The van der Waals surface area contributed by atoms with Crippen molar-refractivity contribution in [1.29, 1.82) is 0 Å². The topological polar surface area (TPSA) is 106 Å². The number of allylic oxidation sites excluding steroid dienone is 2. The number of hydrogen-bond donors (Lipinski definition) is 2. The Balaban J connectivity index is 0.000000672. The molecule has 42 heavy (non-hydrogen) atoms. The molecule has 1 fully saturated rings. The lowest BCUT2D eigenvalue weighted by Crippen LogP contribution is -2.32. The Kier molecular flexibility index (Phi) is 12.0. The van der Waals surface area contributed by atoms with Gasteiger partial charge in [0.2, 0.25) is 11.8 Å². The molecule has 0 aliphatic heterocycles. The van der Waals surface area contributed by atoms with Crippen LogP contribution in [0.4, 0.5) is 13.2 Å². The molecule has 2 aromatic heterocycles. The number of pyridine rings is 1. The van der Waals surface area contributed by atoms with E-state index in [4.69, 9.17) is 9.53 Å². The van der Waals surface area contributed by atoms with E-state index in [0.29, 0.717) is 5.56 Å². The normalized spacial score (nSPS) is 13.4. The fraction of sp³-hybridized carbons (Fsp3) is 0.419. The van der Waals surface area contributed by atoms with Crippen LogP contribution in [0.15, 0.2) is 54.2 Å². The molecule has 228 valence electrons. The third-order valence-electron chi connectivity index (χ3n) is 6.56. The van der Waals surface area contributed by atoms with E-state index in [-0.39, 0.29) is 23.7 Å². The Labute approximate surface area is 244 Å². The van der Waals surface area contributed by atoms with Gasteiger partial charge in [0.15, 0.2) is 5.69 Å². The molecule has 2 heterocycles. The number of halogens is 3. The van der Waals surface area contributed by atoms with Crippen LogP contribution in [0.1, 0.15) is 85.7 Å². The monoisotopic (exact) mass is 588 g/mol. The summed E-state index contributed by atoms with van der Waals surface area (Å²) >= 11 is 0. The number of hydrogen-bond acceptors (Lipinski definition) is 6. The van der Waals surface area contributed by atoms with Crippen molar-refractivity contribution in [3.05, 3.63) is 82.2 Å². The maximum absolute atomic E-state index is 13.5. The van der Waals surface area contributed by atoms with Crippen molar-refractivity contribution in [2.24, 2.45) is 0 Å². The Morgan fingerprint density at radius 1 is 1.14 bits per heavy atom. The van der Waals surface area contributed by atoms with Crippen molar-refractivity contribution < 1.29 is 32.6 Å². The van der Waals surface area contributed by atoms with Gasteiger partial charge < -0.3 is 20.0 Å². The molecule has 0 radical (unpaired) electrons. The smallest absolute Gasteiger partial charge is 0.420 e. The van der Waals surface area contributed by atoms with E-state index < -0.39 is 35.1 Å². The van der Waals surface area contributed by atoms with E-state index >= 15 is 0 Å². The van der Waals surface area contributed by atoms with Crippen molar-refractivity contribution >= 4 is 12.7 Å². The maximum atomic E-state index is 13.5. The SMILES string of the molecule is C=O.CC=C1CCC1.Cc1ccc(C(CO)NC(=O)c2nn(C(C)(C)C)c(Oc3ncccc3C(F)(F)F)c2C)cc1. The summed E-state index contributed by atoms with van der Waals surface area (Å²) in [5.74, 6) is -1.26. The van der Waals surface area contributed by atoms with Crippen LogP contribution in [0.25, 0.3) is 0 Å². The Hall–Kier alpha value is -3.99. The van der Waals surface area contributed by atoms with Gasteiger partial charge in [-0.3, -0.25) is 4.79 Å². The van der Waals surface area contributed by atoms with Gasteiger partial charge in [-0.25, -0.2) is 9.67 Å². The number of amides is 1. The molecule has 1 aliphatic carbocycles. The number of nitrogens with one attached hydrogen (secondary N) is 1. The second-order valence-corrected chi connectivity index (χ2v) is 10.7. The van der Waals surface area contributed by atoms with Gasteiger partial charge >= 0.3 is 6.18 Å².